The number of hydrogen-bond acceptors (Lipinski definition) is 4. The summed E-state index contributed by atoms with van der Waals surface area (Å²) in [5, 5.41) is 3.05. The second kappa shape index (κ2) is 9.74. The Labute approximate surface area is 161 Å². The molecule has 2 fully saturated rings. The van der Waals surface area contributed by atoms with Gasteiger partial charge in [-0.15, -0.1) is 0 Å². The minimum atomic E-state index is 0.0367. The maximum Gasteiger partial charge on any atom is 0.225 e. The average Bonchev–Trinajstić information content (AvgIpc) is 2.74. The number of amides is 2. The highest BCUT2D eigenvalue weighted by Crippen LogP contribution is 2.30. The highest BCUT2D eigenvalue weighted by molar-refractivity contribution is 5.81. The molecule has 0 radical (unpaired) electrons. The molecular weight excluding hydrogens is 344 g/mol. The van der Waals surface area contributed by atoms with Crippen LogP contribution < -0.4 is 10.1 Å². The number of methoxy groups -OCH3 is 1. The maximum atomic E-state index is 12.6. The molecule has 0 atom stereocenters. The van der Waals surface area contributed by atoms with Crippen molar-refractivity contribution in [1.29, 1.82) is 0 Å². The van der Waals surface area contributed by atoms with E-state index >= 15 is 0 Å². The summed E-state index contributed by atoms with van der Waals surface area (Å²) in [5.74, 6) is 1.32. The molecule has 1 aromatic rings. The van der Waals surface area contributed by atoms with E-state index in [1.807, 2.05) is 29.2 Å². The molecule has 0 spiro atoms. The van der Waals surface area contributed by atoms with Crippen LogP contribution in [0.25, 0.3) is 0 Å². The number of hydrogen-bond donors (Lipinski definition) is 1. The lowest BCUT2D eigenvalue weighted by molar-refractivity contribution is -0.142. The second-order valence-electron chi connectivity index (χ2n) is 7.38. The zero-order chi connectivity index (χ0) is 19.1. The van der Waals surface area contributed by atoms with Gasteiger partial charge in [-0.3, -0.25) is 9.59 Å². The van der Waals surface area contributed by atoms with Gasteiger partial charge in [0, 0.05) is 31.5 Å². The third-order valence-corrected chi connectivity index (χ3v) is 5.64. The normalized spacial score (nSPS) is 22.9. The number of carbonyl (C=O) groups is 2. The van der Waals surface area contributed by atoms with Crippen molar-refractivity contribution in [3.8, 4) is 5.75 Å². The minimum absolute atomic E-state index is 0.0367. The number of morpholine rings is 1. The van der Waals surface area contributed by atoms with E-state index in [1.54, 1.807) is 7.11 Å². The lowest BCUT2D eigenvalue weighted by atomic mass is 9.81. The predicted octanol–water partition coefficient (Wildman–Crippen LogP) is 2.02. The standard InChI is InChI=1S/C21H30N2O4/c1-26-19-8-2-16(3-9-19)10-11-22-20(24)17-4-6-18(7-5-17)21(25)23-12-14-27-15-13-23/h2-3,8-9,17-18H,4-7,10-15H2,1H3,(H,22,24). The molecule has 1 aliphatic heterocycles. The summed E-state index contributed by atoms with van der Waals surface area (Å²) in [6.45, 7) is 3.31. The van der Waals surface area contributed by atoms with Gasteiger partial charge in [0.2, 0.25) is 11.8 Å². The van der Waals surface area contributed by atoms with Gasteiger partial charge in [-0.25, -0.2) is 0 Å². The topological polar surface area (TPSA) is 67.9 Å². The third kappa shape index (κ3) is 5.45. The van der Waals surface area contributed by atoms with E-state index in [0.29, 0.717) is 32.8 Å². The highest BCUT2D eigenvalue weighted by atomic mass is 16.5. The molecule has 3 rings (SSSR count). The number of benzene rings is 1. The lowest BCUT2D eigenvalue weighted by Gasteiger charge is -2.33. The van der Waals surface area contributed by atoms with Gasteiger partial charge in [0.1, 0.15) is 5.75 Å². The fourth-order valence-corrected chi connectivity index (χ4v) is 3.91. The van der Waals surface area contributed by atoms with Crippen LogP contribution in [0.2, 0.25) is 0 Å². The number of ether oxygens (including phenoxy) is 2. The predicted molar refractivity (Wildman–Crippen MR) is 103 cm³/mol. The highest BCUT2D eigenvalue weighted by Gasteiger charge is 2.32. The molecule has 0 unspecified atom stereocenters. The van der Waals surface area contributed by atoms with E-state index in [9.17, 15) is 9.59 Å². The fourth-order valence-electron chi connectivity index (χ4n) is 3.91. The van der Waals surface area contributed by atoms with Crippen LogP contribution in [0, 0.1) is 11.8 Å². The zero-order valence-electron chi connectivity index (χ0n) is 16.1. The van der Waals surface area contributed by atoms with E-state index in [1.165, 1.54) is 5.56 Å². The molecule has 6 nitrogen and oxygen atoms in total. The first-order valence-corrected chi connectivity index (χ1v) is 9.94. The van der Waals surface area contributed by atoms with Gasteiger partial charge in [0.25, 0.3) is 0 Å². The Morgan fingerprint density at radius 3 is 2.33 bits per heavy atom. The largest absolute Gasteiger partial charge is 0.497 e. The molecule has 1 aliphatic carbocycles. The van der Waals surface area contributed by atoms with E-state index in [0.717, 1.165) is 37.9 Å². The van der Waals surface area contributed by atoms with Gasteiger partial charge in [-0.05, 0) is 49.8 Å². The smallest absolute Gasteiger partial charge is 0.225 e. The van der Waals surface area contributed by atoms with Gasteiger partial charge < -0.3 is 19.7 Å². The van der Waals surface area contributed by atoms with Gasteiger partial charge >= 0.3 is 0 Å². The molecule has 148 valence electrons. The first-order valence-electron chi connectivity index (χ1n) is 9.94. The third-order valence-electron chi connectivity index (χ3n) is 5.64. The van der Waals surface area contributed by atoms with Crippen LogP contribution in [0.5, 0.6) is 5.75 Å². The molecular formula is C21H30N2O4. The molecule has 0 bridgehead atoms. The van der Waals surface area contributed by atoms with E-state index in [-0.39, 0.29) is 23.7 Å². The molecule has 27 heavy (non-hydrogen) atoms. The van der Waals surface area contributed by atoms with E-state index < -0.39 is 0 Å². The van der Waals surface area contributed by atoms with Crippen molar-refractivity contribution in [2.75, 3.05) is 40.0 Å². The molecule has 1 aromatic carbocycles. The number of carbonyl (C=O) groups excluding carboxylic acids is 2. The number of nitrogens with zero attached hydrogens (tertiary/aromatic N) is 1. The summed E-state index contributed by atoms with van der Waals surface area (Å²) < 4.78 is 10.5. The summed E-state index contributed by atoms with van der Waals surface area (Å²) >= 11 is 0. The Bertz CT molecular complexity index is 618. The van der Waals surface area contributed by atoms with Crippen LogP contribution in [-0.4, -0.2) is 56.7 Å². The molecule has 6 heteroatoms. The Morgan fingerprint density at radius 1 is 1.07 bits per heavy atom. The van der Waals surface area contributed by atoms with E-state index in [2.05, 4.69) is 5.32 Å². The van der Waals surface area contributed by atoms with E-state index in [4.69, 9.17) is 9.47 Å². The van der Waals surface area contributed by atoms with Crippen molar-refractivity contribution < 1.29 is 19.1 Å². The van der Waals surface area contributed by atoms with Crippen molar-refractivity contribution in [3.63, 3.8) is 0 Å². The van der Waals surface area contributed by atoms with Crippen LogP contribution in [0.15, 0.2) is 24.3 Å². The molecule has 1 saturated carbocycles. The first kappa shape index (κ1) is 19.7. The average molecular weight is 374 g/mol. The summed E-state index contributed by atoms with van der Waals surface area (Å²) in [4.78, 5) is 26.9. The Kier molecular flexibility index (Phi) is 7.10. The maximum absolute atomic E-state index is 12.6. The van der Waals surface area contributed by atoms with Crippen LogP contribution in [0.4, 0.5) is 0 Å². The van der Waals surface area contributed by atoms with Crippen LogP contribution in [-0.2, 0) is 20.7 Å². The van der Waals surface area contributed by atoms with Gasteiger partial charge in [0.15, 0.2) is 0 Å². The zero-order valence-corrected chi connectivity index (χ0v) is 16.1. The fraction of sp³-hybridized carbons (Fsp3) is 0.619. The number of rotatable bonds is 6. The second-order valence-corrected chi connectivity index (χ2v) is 7.38. The van der Waals surface area contributed by atoms with Crippen LogP contribution >= 0.6 is 0 Å². The van der Waals surface area contributed by atoms with Gasteiger partial charge in [-0.2, -0.15) is 0 Å². The van der Waals surface area contributed by atoms with Crippen molar-refractivity contribution in [2.45, 2.75) is 32.1 Å². The van der Waals surface area contributed by atoms with Crippen LogP contribution in [0.1, 0.15) is 31.2 Å². The quantitative estimate of drug-likeness (QED) is 0.827. The molecule has 0 aromatic heterocycles. The Morgan fingerprint density at radius 2 is 1.70 bits per heavy atom. The summed E-state index contributed by atoms with van der Waals surface area (Å²) in [7, 11) is 1.65. The van der Waals surface area contributed by atoms with Gasteiger partial charge in [-0.1, -0.05) is 12.1 Å². The minimum Gasteiger partial charge on any atom is -0.497 e. The van der Waals surface area contributed by atoms with Crippen LogP contribution in [0.3, 0.4) is 0 Å². The van der Waals surface area contributed by atoms with Crippen molar-refractivity contribution in [3.05, 3.63) is 29.8 Å². The molecule has 2 amide bonds. The molecule has 2 aliphatic rings. The monoisotopic (exact) mass is 374 g/mol. The first-order chi connectivity index (χ1) is 13.2. The SMILES string of the molecule is COc1ccc(CCNC(=O)C2CCC(C(=O)N3CCOCC3)CC2)cc1. The lowest BCUT2D eigenvalue weighted by Crippen LogP contribution is -2.45. The Balaban J connectivity index is 1.37. The summed E-state index contributed by atoms with van der Waals surface area (Å²) in [6, 6.07) is 7.91. The van der Waals surface area contributed by atoms with Crippen molar-refractivity contribution in [2.24, 2.45) is 11.8 Å². The Hall–Kier alpha value is -2.08. The summed E-state index contributed by atoms with van der Waals surface area (Å²) in [5.41, 5.74) is 1.18. The molecule has 1 heterocycles. The number of nitrogens with one attached hydrogen (secondary N) is 1. The molecule has 1 saturated heterocycles. The summed E-state index contributed by atoms with van der Waals surface area (Å²) in [6.07, 6.45) is 4.03. The van der Waals surface area contributed by atoms with Crippen molar-refractivity contribution >= 4 is 11.8 Å². The van der Waals surface area contributed by atoms with Crippen molar-refractivity contribution in [1.82, 2.24) is 10.2 Å². The van der Waals surface area contributed by atoms with Gasteiger partial charge in [0.05, 0.1) is 20.3 Å². The molecule has 1 N–H and O–H groups in total.